The van der Waals surface area contributed by atoms with Crippen LogP contribution in [0.5, 0.6) is 0 Å². The Morgan fingerprint density at radius 3 is 1.11 bits per heavy atom. The fourth-order valence-electron chi connectivity index (χ4n) is 11.1. The Hall–Kier alpha value is -2.72. The number of nitriles is 2. The van der Waals surface area contributed by atoms with Gasteiger partial charge in [-0.05, 0) is 160 Å². The second kappa shape index (κ2) is 22.0. The number of nitrogens with zero attached hydrogens (tertiary/aromatic N) is 2. The van der Waals surface area contributed by atoms with E-state index >= 15 is 0 Å². The fourth-order valence-corrected chi connectivity index (χ4v) is 11.1. The van der Waals surface area contributed by atoms with Gasteiger partial charge in [-0.15, -0.1) is 0 Å². The summed E-state index contributed by atoms with van der Waals surface area (Å²) in [6, 6.07) is 13.9. The van der Waals surface area contributed by atoms with E-state index in [1.54, 1.807) is 24.3 Å². The topological polar surface area (TPSA) is 47.6 Å². The molecule has 0 N–H and O–H groups in total. The van der Waals surface area contributed by atoms with E-state index in [2.05, 4.69) is 13.8 Å². The lowest BCUT2D eigenvalue weighted by Crippen LogP contribution is -2.26. The SMILES string of the molecule is CCCC1CCC(C2CCC(CCc3ccc(C#N)cc3F)CC2)CC1.CCCCC1CCC(C2CCC(CCc3ccc(C#N)cc3F)CC2)CC1. The second-order valence-electron chi connectivity index (χ2n) is 18.0. The van der Waals surface area contributed by atoms with Crippen LogP contribution in [-0.2, 0) is 12.8 Å². The van der Waals surface area contributed by atoms with E-state index in [1.165, 1.54) is 147 Å². The van der Waals surface area contributed by atoms with Gasteiger partial charge in [-0.25, -0.2) is 8.78 Å². The predicted molar refractivity (Wildman–Crippen MR) is 215 cm³/mol. The number of hydrogen-bond donors (Lipinski definition) is 0. The van der Waals surface area contributed by atoms with Crippen molar-refractivity contribution in [2.24, 2.45) is 47.3 Å². The molecule has 4 aliphatic rings. The van der Waals surface area contributed by atoms with Crippen molar-refractivity contribution in [3.05, 3.63) is 70.3 Å². The first-order valence-corrected chi connectivity index (χ1v) is 22.3. The highest BCUT2D eigenvalue weighted by molar-refractivity contribution is 5.33. The number of hydrogen-bond acceptors (Lipinski definition) is 2. The number of benzene rings is 2. The Labute approximate surface area is 322 Å². The first-order valence-electron chi connectivity index (χ1n) is 22.3. The summed E-state index contributed by atoms with van der Waals surface area (Å²) >= 11 is 0. The van der Waals surface area contributed by atoms with Crippen LogP contribution in [0.25, 0.3) is 0 Å². The van der Waals surface area contributed by atoms with E-state index in [9.17, 15) is 8.78 Å². The molecular formula is C49H70F2N2. The molecule has 0 amide bonds. The zero-order chi connectivity index (χ0) is 37.4. The third-order valence-electron chi connectivity index (χ3n) is 14.6. The van der Waals surface area contributed by atoms with Crippen LogP contribution in [0.15, 0.2) is 36.4 Å². The van der Waals surface area contributed by atoms with Gasteiger partial charge < -0.3 is 0 Å². The van der Waals surface area contributed by atoms with Crippen molar-refractivity contribution in [2.45, 2.75) is 174 Å². The molecule has 2 aromatic carbocycles. The molecule has 4 saturated carbocycles. The molecule has 6 rings (SSSR count). The standard InChI is InChI=1S/C25H36FN.C24H34FN/c1-2-3-4-19-5-11-22(12-6-19)23-13-7-20(8-14-23)9-15-24-16-10-21(18-27)17-25(24)26;1-2-3-18-4-10-21(11-5-18)22-12-6-19(7-13-22)8-14-23-15-9-20(17-26)16-24(23)25/h10,16-17,19-20,22-23H,2-9,11-15H2,1H3;9,15-16,18-19,21-22H,2-8,10-14H2,1H3. The van der Waals surface area contributed by atoms with Crippen molar-refractivity contribution in [3.8, 4) is 12.1 Å². The van der Waals surface area contributed by atoms with E-state index in [0.717, 1.165) is 84.2 Å². The average molecular weight is 725 g/mol. The lowest BCUT2D eigenvalue weighted by molar-refractivity contribution is 0.140. The van der Waals surface area contributed by atoms with Crippen LogP contribution in [0.1, 0.15) is 184 Å². The van der Waals surface area contributed by atoms with Gasteiger partial charge in [0.25, 0.3) is 0 Å². The first-order chi connectivity index (χ1) is 25.9. The van der Waals surface area contributed by atoms with Crippen molar-refractivity contribution >= 4 is 0 Å². The number of rotatable bonds is 13. The molecule has 4 fully saturated rings. The van der Waals surface area contributed by atoms with Gasteiger partial charge in [-0.2, -0.15) is 10.5 Å². The number of unbranched alkanes of at least 4 members (excludes halogenated alkanes) is 1. The van der Waals surface area contributed by atoms with Gasteiger partial charge in [0.15, 0.2) is 0 Å². The van der Waals surface area contributed by atoms with Crippen molar-refractivity contribution in [1.29, 1.82) is 10.5 Å². The first kappa shape index (κ1) is 41.4. The fraction of sp³-hybridized carbons (Fsp3) is 0.714. The maximum Gasteiger partial charge on any atom is 0.127 e. The minimum absolute atomic E-state index is 0.206. The highest BCUT2D eigenvalue weighted by Crippen LogP contribution is 2.44. The molecule has 290 valence electrons. The zero-order valence-corrected chi connectivity index (χ0v) is 33.4. The van der Waals surface area contributed by atoms with Crippen LogP contribution in [0.3, 0.4) is 0 Å². The molecule has 0 heterocycles. The van der Waals surface area contributed by atoms with Crippen LogP contribution in [0, 0.1) is 81.6 Å². The Balaban J connectivity index is 0.000000204. The van der Waals surface area contributed by atoms with E-state index in [-0.39, 0.29) is 11.6 Å². The van der Waals surface area contributed by atoms with Crippen LogP contribution in [-0.4, -0.2) is 0 Å². The Bertz CT molecular complexity index is 1440. The lowest BCUT2D eigenvalue weighted by atomic mass is 9.68. The molecule has 4 heteroatoms. The smallest absolute Gasteiger partial charge is 0.127 e. The summed E-state index contributed by atoms with van der Waals surface area (Å²) < 4.78 is 28.1. The number of aryl methyl sites for hydroxylation is 2. The average Bonchev–Trinajstić information content (AvgIpc) is 3.20. The largest absolute Gasteiger partial charge is 0.207 e. The second-order valence-corrected chi connectivity index (χ2v) is 18.0. The van der Waals surface area contributed by atoms with Gasteiger partial charge in [-0.1, -0.05) is 109 Å². The molecule has 53 heavy (non-hydrogen) atoms. The minimum Gasteiger partial charge on any atom is -0.207 e. The quantitative estimate of drug-likeness (QED) is 0.206. The molecule has 0 saturated heterocycles. The van der Waals surface area contributed by atoms with Gasteiger partial charge in [0.2, 0.25) is 0 Å². The van der Waals surface area contributed by atoms with Crippen LogP contribution < -0.4 is 0 Å². The highest BCUT2D eigenvalue weighted by atomic mass is 19.1. The molecule has 0 unspecified atom stereocenters. The van der Waals surface area contributed by atoms with E-state index in [4.69, 9.17) is 10.5 Å². The van der Waals surface area contributed by atoms with Crippen molar-refractivity contribution in [2.75, 3.05) is 0 Å². The summed E-state index contributed by atoms with van der Waals surface area (Å²) in [5.74, 6) is 7.02. The zero-order valence-electron chi connectivity index (χ0n) is 33.4. The Morgan fingerprint density at radius 2 is 0.811 bits per heavy atom. The van der Waals surface area contributed by atoms with Crippen LogP contribution >= 0.6 is 0 Å². The van der Waals surface area contributed by atoms with Crippen molar-refractivity contribution in [3.63, 3.8) is 0 Å². The van der Waals surface area contributed by atoms with Gasteiger partial charge in [0, 0.05) is 0 Å². The Morgan fingerprint density at radius 1 is 0.472 bits per heavy atom. The molecular weight excluding hydrogens is 655 g/mol. The maximum absolute atomic E-state index is 14.1. The molecule has 4 aliphatic carbocycles. The van der Waals surface area contributed by atoms with E-state index in [1.807, 2.05) is 12.1 Å². The molecule has 0 radical (unpaired) electrons. The lowest BCUT2D eigenvalue weighted by Gasteiger charge is -2.38. The van der Waals surface area contributed by atoms with Gasteiger partial charge in [0.1, 0.15) is 11.6 Å². The Kier molecular flexibility index (Phi) is 17.2. The third-order valence-corrected chi connectivity index (χ3v) is 14.6. The van der Waals surface area contributed by atoms with Crippen molar-refractivity contribution in [1.82, 2.24) is 0 Å². The van der Waals surface area contributed by atoms with E-state index in [0.29, 0.717) is 11.1 Å². The van der Waals surface area contributed by atoms with Crippen LogP contribution in [0.4, 0.5) is 8.78 Å². The monoisotopic (exact) mass is 725 g/mol. The van der Waals surface area contributed by atoms with Crippen molar-refractivity contribution < 1.29 is 8.78 Å². The highest BCUT2D eigenvalue weighted by Gasteiger charge is 2.32. The normalized spacial score (nSPS) is 28.9. The molecule has 0 aromatic heterocycles. The maximum atomic E-state index is 14.1. The van der Waals surface area contributed by atoms with E-state index < -0.39 is 0 Å². The summed E-state index contributed by atoms with van der Waals surface area (Å²) in [5.41, 5.74) is 2.39. The summed E-state index contributed by atoms with van der Waals surface area (Å²) in [6.45, 7) is 4.62. The summed E-state index contributed by atoms with van der Waals surface area (Å²) in [5, 5.41) is 17.7. The molecule has 0 aliphatic heterocycles. The summed E-state index contributed by atoms with van der Waals surface area (Å²) in [6.07, 6.45) is 33.5. The predicted octanol–water partition coefficient (Wildman–Crippen LogP) is 14.5. The van der Waals surface area contributed by atoms with Gasteiger partial charge >= 0.3 is 0 Å². The number of halogens is 2. The summed E-state index contributed by atoms with van der Waals surface area (Å²) in [4.78, 5) is 0. The molecule has 2 aromatic rings. The minimum atomic E-state index is -0.207. The molecule has 0 bridgehead atoms. The third kappa shape index (κ3) is 12.9. The molecule has 0 atom stereocenters. The molecule has 0 spiro atoms. The molecule has 2 nitrogen and oxygen atoms in total. The van der Waals surface area contributed by atoms with Crippen LogP contribution in [0.2, 0.25) is 0 Å². The van der Waals surface area contributed by atoms with Gasteiger partial charge in [0.05, 0.1) is 23.3 Å². The van der Waals surface area contributed by atoms with Gasteiger partial charge in [-0.3, -0.25) is 0 Å². The summed E-state index contributed by atoms with van der Waals surface area (Å²) in [7, 11) is 0.